The van der Waals surface area contributed by atoms with Gasteiger partial charge in [0.25, 0.3) is 10.0 Å². The summed E-state index contributed by atoms with van der Waals surface area (Å²) in [6.07, 6.45) is 0. The monoisotopic (exact) mass is 444 g/mol. The van der Waals surface area contributed by atoms with Gasteiger partial charge in [0.05, 0.1) is 37.0 Å². The fourth-order valence-corrected chi connectivity index (χ4v) is 4.92. The number of aryl methyl sites for hydroxylation is 2. The minimum absolute atomic E-state index is 0.0870. The average Bonchev–Trinajstić information content (AvgIpc) is 3.09. The Morgan fingerprint density at radius 1 is 1.00 bits per heavy atom. The van der Waals surface area contributed by atoms with E-state index in [1.54, 1.807) is 27.0 Å². The zero-order valence-corrected chi connectivity index (χ0v) is 19.1. The van der Waals surface area contributed by atoms with E-state index in [-0.39, 0.29) is 23.9 Å². The van der Waals surface area contributed by atoms with Crippen LogP contribution in [0.5, 0.6) is 0 Å². The van der Waals surface area contributed by atoms with Crippen LogP contribution in [0.2, 0.25) is 0 Å². The lowest BCUT2D eigenvalue weighted by molar-refractivity contribution is 0.0747. The van der Waals surface area contributed by atoms with Crippen LogP contribution in [0.15, 0.2) is 57.9 Å². The summed E-state index contributed by atoms with van der Waals surface area (Å²) < 4.78 is 45.1. The SMILES string of the molecule is COCCOCCN(c1onc(C)c1C)S(=O)(=O)c1cc(C)ccc1-c1ccccc1. The molecule has 0 aliphatic heterocycles. The van der Waals surface area contributed by atoms with Crippen LogP contribution in [-0.4, -0.2) is 47.0 Å². The van der Waals surface area contributed by atoms with E-state index in [9.17, 15) is 8.42 Å². The Morgan fingerprint density at radius 3 is 2.39 bits per heavy atom. The number of nitrogens with zero attached hydrogens (tertiary/aromatic N) is 2. The minimum Gasteiger partial charge on any atom is -0.382 e. The summed E-state index contributed by atoms with van der Waals surface area (Å²) in [5, 5.41) is 3.96. The molecule has 1 aromatic heterocycles. The molecule has 0 unspecified atom stereocenters. The van der Waals surface area contributed by atoms with E-state index in [1.807, 2.05) is 49.4 Å². The van der Waals surface area contributed by atoms with Gasteiger partial charge in [-0.05, 0) is 38.0 Å². The number of methoxy groups -OCH3 is 1. The van der Waals surface area contributed by atoms with Gasteiger partial charge in [-0.3, -0.25) is 0 Å². The number of rotatable bonds is 10. The van der Waals surface area contributed by atoms with Gasteiger partial charge in [0.1, 0.15) is 0 Å². The summed E-state index contributed by atoms with van der Waals surface area (Å²) in [4.78, 5) is 0.212. The summed E-state index contributed by atoms with van der Waals surface area (Å²) in [5.41, 5.74) is 3.62. The smallest absolute Gasteiger partial charge is 0.267 e. The molecule has 0 aliphatic carbocycles. The van der Waals surface area contributed by atoms with E-state index >= 15 is 0 Å². The maximum Gasteiger partial charge on any atom is 0.267 e. The second-order valence-corrected chi connectivity index (χ2v) is 9.08. The molecule has 0 bridgehead atoms. The van der Waals surface area contributed by atoms with E-state index < -0.39 is 10.0 Å². The second-order valence-electron chi connectivity index (χ2n) is 7.25. The van der Waals surface area contributed by atoms with Crippen molar-refractivity contribution in [1.82, 2.24) is 5.16 Å². The minimum atomic E-state index is -3.97. The standard InChI is InChI=1S/C23H28N2O5S/c1-17-10-11-21(20-8-6-5-7-9-20)22(16-17)31(26,27)25(12-13-29-15-14-28-4)23-18(2)19(3)24-30-23/h5-11,16H,12-15H2,1-4H3. The summed E-state index contributed by atoms with van der Waals surface area (Å²) in [5.74, 6) is 0.202. The number of anilines is 1. The van der Waals surface area contributed by atoms with Crippen molar-refractivity contribution in [2.75, 3.05) is 37.8 Å². The number of benzene rings is 2. The molecule has 8 heteroatoms. The molecular weight excluding hydrogens is 416 g/mol. The molecule has 3 rings (SSSR count). The van der Waals surface area contributed by atoms with Crippen molar-refractivity contribution in [2.24, 2.45) is 0 Å². The summed E-state index contributed by atoms with van der Waals surface area (Å²) in [6.45, 7) is 6.53. The molecule has 0 aliphatic rings. The lowest BCUT2D eigenvalue weighted by Crippen LogP contribution is -2.35. The van der Waals surface area contributed by atoms with Crippen LogP contribution < -0.4 is 4.31 Å². The maximum absolute atomic E-state index is 13.9. The normalized spacial score (nSPS) is 11.6. The lowest BCUT2D eigenvalue weighted by atomic mass is 10.0. The fraction of sp³-hybridized carbons (Fsp3) is 0.348. The number of aromatic nitrogens is 1. The molecule has 0 amide bonds. The first-order chi connectivity index (χ1) is 14.9. The van der Waals surface area contributed by atoms with E-state index in [0.29, 0.717) is 30.0 Å². The molecule has 0 radical (unpaired) electrons. The van der Waals surface area contributed by atoms with Crippen molar-refractivity contribution in [3.05, 3.63) is 65.4 Å². The molecule has 0 saturated carbocycles. The Morgan fingerprint density at radius 2 is 1.74 bits per heavy atom. The third-order valence-electron chi connectivity index (χ3n) is 5.02. The molecular formula is C23H28N2O5S. The Bertz CT molecular complexity index is 1110. The fourth-order valence-electron chi connectivity index (χ4n) is 3.18. The van der Waals surface area contributed by atoms with Gasteiger partial charge >= 0.3 is 0 Å². The molecule has 0 atom stereocenters. The van der Waals surface area contributed by atoms with Gasteiger partial charge in [-0.1, -0.05) is 47.6 Å². The molecule has 3 aromatic rings. The largest absolute Gasteiger partial charge is 0.382 e. The van der Waals surface area contributed by atoms with Gasteiger partial charge in [0, 0.05) is 18.2 Å². The van der Waals surface area contributed by atoms with Gasteiger partial charge in [-0.25, -0.2) is 12.7 Å². The summed E-state index contributed by atoms with van der Waals surface area (Å²) in [7, 11) is -2.38. The highest BCUT2D eigenvalue weighted by atomic mass is 32.2. The van der Waals surface area contributed by atoms with Crippen LogP contribution in [0.25, 0.3) is 11.1 Å². The summed E-state index contributed by atoms with van der Waals surface area (Å²) >= 11 is 0. The van der Waals surface area contributed by atoms with Crippen molar-refractivity contribution >= 4 is 15.9 Å². The van der Waals surface area contributed by atoms with Crippen LogP contribution in [-0.2, 0) is 19.5 Å². The molecule has 0 N–H and O–H groups in total. The van der Waals surface area contributed by atoms with Gasteiger partial charge in [0.2, 0.25) is 5.88 Å². The Balaban J connectivity index is 2.06. The zero-order chi connectivity index (χ0) is 22.4. The van der Waals surface area contributed by atoms with Crippen molar-refractivity contribution in [3.63, 3.8) is 0 Å². The average molecular weight is 445 g/mol. The van der Waals surface area contributed by atoms with E-state index in [4.69, 9.17) is 14.0 Å². The first-order valence-electron chi connectivity index (χ1n) is 10.0. The number of hydrogen-bond donors (Lipinski definition) is 0. The molecule has 1 heterocycles. The van der Waals surface area contributed by atoms with Crippen molar-refractivity contribution in [1.29, 1.82) is 0 Å². The molecule has 0 saturated heterocycles. The Labute approximate surface area is 183 Å². The highest BCUT2D eigenvalue weighted by molar-refractivity contribution is 7.93. The van der Waals surface area contributed by atoms with Crippen LogP contribution >= 0.6 is 0 Å². The third-order valence-corrected chi connectivity index (χ3v) is 6.84. The van der Waals surface area contributed by atoms with Crippen LogP contribution in [0.3, 0.4) is 0 Å². The molecule has 2 aromatic carbocycles. The van der Waals surface area contributed by atoms with E-state index in [2.05, 4.69) is 5.16 Å². The Hall–Kier alpha value is -2.68. The quantitative estimate of drug-likeness (QED) is 0.438. The van der Waals surface area contributed by atoms with Crippen LogP contribution in [0.1, 0.15) is 16.8 Å². The summed E-state index contributed by atoms with van der Waals surface area (Å²) in [6, 6.07) is 14.9. The molecule has 166 valence electrons. The highest BCUT2D eigenvalue weighted by Gasteiger charge is 2.32. The van der Waals surface area contributed by atoms with Crippen LogP contribution in [0.4, 0.5) is 5.88 Å². The van der Waals surface area contributed by atoms with Crippen molar-refractivity contribution < 1.29 is 22.4 Å². The molecule has 0 spiro atoms. The lowest BCUT2D eigenvalue weighted by Gasteiger charge is -2.24. The van der Waals surface area contributed by atoms with Gasteiger partial charge in [-0.2, -0.15) is 0 Å². The molecule has 7 nitrogen and oxygen atoms in total. The van der Waals surface area contributed by atoms with E-state index in [0.717, 1.165) is 11.1 Å². The third kappa shape index (κ3) is 5.15. The number of hydrogen-bond acceptors (Lipinski definition) is 6. The first-order valence-corrected chi connectivity index (χ1v) is 11.5. The number of ether oxygens (including phenoxy) is 2. The van der Waals surface area contributed by atoms with Crippen molar-refractivity contribution in [2.45, 2.75) is 25.7 Å². The zero-order valence-electron chi connectivity index (χ0n) is 18.3. The highest BCUT2D eigenvalue weighted by Crippen LogP contribution is 2.34. The molecule has 0 fully saturated rings. The maximum atomic E-state index is 13.9. The van der Waals surface area contributed by atoms with Gasteiger partial charge in [-0.15, -0.1) is 0 Å². The first kappa shape index (κ1) is 23.0. The van der Waals surface area contributed by atoms with Gasteiger partial charge in [0.15, 0.2) is 0 Å². The predicted molar refractivity (Wildman–Crippen MR) is 120 cm³/mol. The van der Waals surface area contributed by atoms with E-state index in [1.165, 1.54) is 4.31 Å². The van der Waals surface area contributed by atoms with Crippen LogP contribution in [0, 0.1) is 20.8 Å². The second kappa shape index (κ2) is 10.1. The topological polar surface area (TPSA) is 81.9 Å². The molecule has 31 heavy (non-hydrogen) atoms. The van der Waals surface area contributed by atoms with Gasteiger partial charge < -0.3 is 14.0 Å². The predicted octanol–water partition coefficient (Wildman–Crippen LogP) is 4.13. The number of sulfonamides is 1. The Kier molecular flexibility index (Phi) is 7.48. The van der Waals surface area contributed by atoms with Crippen molar-refractivity contribution in [3.8, 4) is 11.1 Å².